The Morgan fingerprint density at radius 2 is 2.29 bits per heavy atom. The number of carbonyl (C=O) groups is 1. The Hall–Kier alpha value is -0.650. The zero-order valence-electron chi connectivity index (χ0n) is 10.9. The molecule has 1 aliphatic rings. The summed E-state index contributed by atoms with van der Waals surface area (Å²) in [5, 5.41) is 2.91. The van der Waals surface area contributed by atoms with Gasteiger partial charge in [0.05, 0.1) is 12.5 Å². The van der Waals surface area contributed by atoms with E-state index in [-0.39, 0.29) is 11.8 Å². The Labute approximate surface area is 104 Å². The van der Waals surface area contributed by atoms with Crippen molar-refractivity contribution in [3.8, 4) is 0 Å². The lowest BCUT2D eigenvalue weighted by Crippen LogP contribution is -2.48. The first-order chi connectivity index (χ1) is 8.19. The van der Waals surface area contributed by atoms with Crippen LogP contribution in [-0.4, -0.2) is 56.7 Å². The first kappa shape index (κ1) is 14.4. The van der Waals surface area contributed by atoms with Crippen LogP contribution in [0.2, 0.25) is 0 Å². The molecule has 2 unspecified atom stereocenters. The number of nitrogens with two attached hydrogens (primary N) is 1. The van der Waals surface area contributed by atoms with Gasteiger partial charge in [0.2, 0.25) is 5.91 Å². The number of carbonyl (C=O) groups excluding carboxylic acids is 1. The Bertz CT molecular complexity index is 236. The molecule has 1 amide bonds. The number of likely N-dealkylation sites (tertiary alicyclic amines) is 1. The van der Waals surface area contributed by atoms with E-state index in [4.69, 9.17) is 10.5 Å². The van der Waals surface area contributed by atoms with Gasteiger partial charge in [-0.15, -0.1) is 0 Å². The molecule has 5 heteroatoms. The highest BCUT2D eigenvalue weighted by molar-refractivity contribution is 5.78. The van der Waals surface area contributed by atoms with Gasteiger partial charge in [-0.05, 0) is 19.8 Å². The number of nitrogens with zero attached hydrogens (tertiary/aromatic N) is 1. The van der Waals surface area contributed by atoms with Crippen LogP contribution in [0, 0.1) is 5.92 Å². The fourth-order valence-corrected chi connectivity index (χ4v) is 2.29. The lowest BCUT2D eigenvalue weighted by atomic mass is 9.92. The van der Waals surface area contributed by atoms with Crippen molar-refractivity contribution in [1.82, 2.24) is 10.2 Å². The zero-order valence-corrected chi connectivity index (χ0v) is 10.9. The molecule has 0 radical (unpaired) electrons. The van der Waals surface area contributed by atoms with Gasteiger partial charge in [-0.1, -0.05) is 0 Å². The van der Waals surface area contributed by atoms with E-state index in [1.54, 1.807) is 7.11 Å². The van der Waals surface area contributed by atoms with E-state index in [9.17, 15) is 4.79 Å². The SMILES string of the molecule is COCCNC(=O)C1CCC(C)N(CCN)C1. The Morgan fingerprint density at radius 3 is 2.94 bits per heavy atom. The second kappa shape index (κ2) is 7.63. The summed E-state index contributed by atoms with van der Waals surface area (Å²) in [6.45, 7) is 5.73. The lowest BCUT2D eigenvalue weighted by molar-refractivity contribution is -0.127. The number of hydrogen-bond acceptors (Lipinski definition) is 4. The molecule has 1 rings (SSSR count). The van der Waals surface area contributed by atoms with E-state index in [2.05, 4.69) is 17.1 Å². The number of hydrogen-bond donors (Lipinski definition) is 2. The third-order valence-corrected chi connectivity index (χ3v) is 3.40. The molecule has 0 spiro atoms. The minimum atomic E-state index is 0.106. The fourth-order valence-electron chi connectivity index (χ4n) is 2.29. The molecule has 5 nitrogen and oxygen atoms in total. The summed E-state index contributed by atoms with van der Waals surface area (Å²) in [6, 6.07) is 0.543. The molecule has 3 N–H and O–H groups in total. The molecule has 1 fully saturated rings. The number of amides is 1. The van der Waals surface area contributed by atoms with Crippen molar-refractivity contribution in [3.05, 3.63) is 0 Å². The van der Waals surface area contributed by atoms with Gasteiger partial charge in [-0.2, -0.15) is 0 Å². The molecular weight excluding hydrogens is 218 g/mol. The molecule has 1 heterocycles. The second-order valence-corrected chi connectivity index (χ2v) is 4.69. The number of nitrogens with one attached hydrogen (secondary N) is 1. The van der Waals surface area contributed by atoms with Crippen LogP contribution in [0.4, 0.5) is 0 Å². The zero-order chi connectivity index (χ0) is 12.7. The highest BCUT2D eigenvalue weighted by Gasteiger charge is 2.28. The molecule has 0 saturated carbocycles. The molecule has 2 atom stereocenters. The predicted molar refractivity (Wildman–Crippen MR) is 67.7 cm³/mol. The van der Waals surface area contributed by atoms with Gasteiger partial charge in [0.25, 0.3) is 0 Å². The fraction of sp³-hybridized carbons (Fsp3) is 0.917. The van der Waals surface area contributed by atoms with E-state index in [1.165, 1.54) is 0 Å². The van der Waals surface area contributed by atoms with Crippen molar-refractivity contribution in [2.75, 3.05) is 39.9 Å². The van der Waals surface area contributed by atoms with E-state index < -0.39 is 0 Å². The monoisotopic (exact) mass is 243 g/mol. The average molecular weight is 243 g/mol. The van der Waals surface area contributed by atoms with Crippen molar-refractivity contribution in [2.24, 2.45) is 11.7 Å². The van der Waals surface area contributed by atoms with Gasteiger partial charge in [0, 0.05) is 39.3 Å². The molecule has 0 aromatic carbocycles. The number of methoxy groups -OCH3 is 1. The van der Waals surface area contributed by atoms with Gasteiger partial charge in [0.15, 0.2) is 0 Å². The van der Waals surface area contributed by atoms with E-state index in [0.29, 0.717) is 25.7 Å². The van der Waals surface area contributed by atoms with Gasteiger partial charge < -0.3 is 15.8 Å². The lowest BCUT2D eigenvalue weighted by Gasteiger charge is -2.37. The van der Waals surface area contributed by atoms with Crippen LogP contribution < -0.4 is 11.1 Å². The molecule has 17 heavy (non-hydrogen) atoms. The third-order valence-electron chi connectivity index (χ3n) is 3.40. The minimum absolute atomic E-state index is 0.106. The van der Waals surface area contributed by atoms with Crippen LogP contribution in [0.5, 0.6) is 0 Å². The molecule has 1 aliphatic heterocycles. The van der Waals surface area contributed by atoms with Gasteiger partial charge in [0.1, 0.15) is 0 Å². The molecule has 0 aliphatic carbocycles. The van der Waals surface area contributed by atoms with Crippen LogP contribution in [-0.2, 0) is 9.53 Å². The largest absolute Gasteiger partial charge is 0.383 e. The molecule has 0 aromatic heterocycles. The summed E-state index contributed by atoms with van der Waals surface area (Å²) in [5.74, 6) is 0.255. The summed E-state index contributed by atoms with van der Waals surface area (Å²) in [5.41, 5.74) is 5.58. The van der Waals surface area contributed by atoms with Crippen LogP contribution in [0.1, 0.15) is 19.8 Å². The van der Waals surface area contributed by atoms with Crippen molar-refractivity contribution < 1.29 is 9.53 Å². The quantitative estimate of drug-likeness (QED) is 0.634. The third kappa shape index (κ3) is 4.61. The topological polar surface area (TPSA) is 67.6 Å². The van der Waals surface area contributed by atoms with Crippen molar-refractivity contribution in [2.45, 2.75) is 25.8 Å². The maximum absolute atomic E-state index is 11.9. The maximum atomic E-state index is 11.9. The predicted octanol–water partition coefficient (Wildman–Crippen LogP) is -0.192. The van der Waals surface area contributed by atoms with Gasteiger partial charge in [-0.25, -0.2) is 0 Å². The molecule has 100 valence electrons. The smallest absolute Gasteiger partial charge is 0.224 e. The Morgan fingerprint density at radius 1 is 1.53 bits per heavy atom. The summed E-state index contributed by atoms with van der Waals surface area (Å²) in [4.78, 5) is 14.2. The molecule has 1 saturated heterocycles. The number of rotatable bonds is 6. The van der Waals surface area contributed by atoms with Crippen molar-refractivity contribution in [1.29, 1.82) is 0 Å². The summed E-state index contributed by atoms with van der Waals surface area (Å²) < 4.78 is 4.91. The number of piperidine rings is 1. The van der Waals surface area contributed by atoms with Crippen molar-refractivity contribution in [3.63, 3.8) is 0 Å². The number of ether oxygens (including phenoxy) is 1. The minimum Gasteiger partial charge on any atom is -0.383 e. The summed E-state index contributed by atoms with van der Waals surface area (Å²) >= 11 is 0. The highest BCUT2D eigenvalue weighted by atomic mass is 16.5. The maximum Gasteiger partial charge on any atom is 0.224 e. The van der Waals surface area contributed by atoms with Crippen molar-refractivity contribution >= 4 is 5.91 Å². The highest BCUT2D eigenvalue weighted by Crippen LogP contribution is 2.21. The molecular formula is C12H25N3O2. The summed E-state index contributed by atoms with van der Waals surface area (Å²) in [7, 11) is 1.64. The Balaban J connectivity index is 2.35. The van der Waals surface area contributed by atoms with Crippen LogP contribution >= 0.6 is 0 Å². The molecule has 0 aromatic rings. The first-order valence-corrected chi connectivity index (χ1v) is 6.39. The average Bonchev–Trinajstić information content (AvgIpc) is 2.32. The van der Waals surface area contributed by atoms with Gasteiger partial charge >= 0.3 is 0 Å². The van der Waals surface area contributed by atoms with Crippen LogP contribution in [0.25, 0.3) is 0 Å². The van der Waals surface area contributed by atoms with Crippen LogP contribution in [0.15, 0.2) is 0 Å². The second-order valence-electron chi connectivity index (χ2n) is 4.69. The standard InChI is InChI=1S/C12H25N3O2/c1-10-3-4-11(9-15(10)7-5-13)12(16)14-6-8-17-2/h10-11H,3-9,13H2,1-2H3,(H,14,16). The summed E-state index contributed by atoms with van der Waals surface area (Å²) in [6.07, 6.45) is 2.05. The van der Waals surface area contributed by atoms with E-state index in [0.717, 1.165) is 25.9 Å². The van der Waals surface area contributed by atoms with Crippen LogP contribution in [0.3, 0.4) is 0 Å². The molecule has 0 bridgehead atoms. The van der Waals surface area contributed by atoms with E-state index >= 15 is 0 Å². The first-order valence-electron chi connectivity index (χ1n) is 6.39. The van der Waals surface area contributed by atoms with Gasteiger partial charge in [-0.3, -0.25) is 9.69 Å². The van der Waals surface area contributed by atoms with E-state index in [1.807, 2.05) is 0 Å². The normalized spacial score (nSPS) is 25.8. The Kier molecular flexibility index (Phi) is 6.47.